The molecule has 34 heavy (non-hydrogen) atoms. The second-order valence-corrected chi connectivity index (χ2v) is 8.92. The number of carbonyl (C=O) groups is 1. The van der Waals surface area contributed by atoms with Crippen LogP contribution in [-0.2, 0) is 0 Å². The number of benzene rings is 2. The van der Waals surface area contributed by atoms with Crippen LogP contribution in [0.2, 0.25) is 0 Å². The highest BCUT2D eigenvalue weighted by molar-refractivity contribution is 5.96. The molecule has 1 saturated heterocycles. The number of rotatable bonds is 11. The molecular formula is C28H38N2O4. The standard InChI is InChI=1S/C28H38N2O4/c1-21(17-23-12-7-6-8-13-23)20-30(16-10-15-29-14-9-11-22(29)2)28(31)24-18-25(32-3)27(34-5)26(19-24)33-4/h6-8,12-13,17-19,22H,9-11,14-16,20H2,1-5H3/b21-17-. The molecule has 0 N–H and O–H groups in total. The molecule has 2 aromatic carbocycles. The Morgan fingerprint density at radius 1 is 1.09 bits per heavy atom. The van der Waals surface area contributed by atoms with Gasteiger partial charge in [0.25, 0.3) is 5.91 Å². The lowest BCUT2D eigenvalue weighted by Gasteiger charge is -2.26. The van der Waals surface area contributed by atoms with Gasteiger partial charge < -0.3 is 24.0 Å². The molecule has 2 aromatic rings. The summed E-state index contributed by atoms with van der Waals surface area (Å²) in [4.78, 5) is 18.1. The van der Waals surface area contributed by atoms with Gasteiger partial charge in [0.15, 0.2) is 11.5 Å². The third-order valence-corrected chi connectivity index (χ3v) is 6.42. The largest absolute Gasteiger partial charge is 0.493 e. The minimum absolute atomic E-state index is 0.0467. The number of ether oxygens (including phenoxy) is 3. The van der Waals surface area contributed by atoms with E-state index >= 15 is 0 Å². The van der Waals surface area contributed by atoms with E-state index in [1.807, 2.05) is 23.1 Å². The Morgan fingerprint density at radius 3 is 2.32 bits per heavy atom. The first-order valence-electron chi connectivity index (χ1n) is 12.0. The Morgan fingerprint density at radius 2 is 1.76 bits per heavy atom. The maximum Gasteiger partial charge on any atom is 0.254 e. The lowest BCUT2D eigenvalue weighted by Crippen LogP contribution is -2.36. The minimum atomic E-state index is -0.0467. The quantitative estimate of drug-likeness (QED) is 0.459. The first kappa shape index (κ1) is 25.6. The van der Waals surface area contributed by atoms with Crippen LogP contribution in [0.25, 0.3) is 6.08 Å². The van der Waals surface area contributed by atoms with Crippen molar-refractivity contribution in [1.82, 2.24) is 9.80 Å². The van der Waals surface area contributed by atoms with Gasteiger partial charge in [0.1, 0.15) is 0 Å². The van der Waals surface area contributed by atoms with Crippen LogP contribution in [0.3, 0.4) is 0 Å². The average Bonchev–Trinajstić information content (AvgIpc) is 3.26. The molecule has 1 amide bonds. The van der Waals surface area contributed by atoms with Crippen LogP contribution in [0.1, 0.15) is 49.0 Å². The van der Waals surface area contributed by atoms with Crippen LogP contribution in [-0.4, -0.2) is 69.3 Å². The number of amides is 1. The van der Waals surface area contributed by atoms with Crippen molar-refractivity contribution in [3.8, 4) is 17.2 Å². The molecule has 0 saturated carbocycles. The van der Waals surface area contributed by atoms with Gasteiger partial charge in [-0.2, -0.15) is 0 Å². The number of nitrogens with zero attached hydrogens (tertiary/aromatic N) is 2. The molecule has 1 aliphatic heterocycles. The molecule has 0 aromatic heterocycles. The molecule has 1 atom stereocenters. The first-order valence-corrected chi connectivity index (χ1v) is 12.0. The third kappa shape index (κ3) is 6.54. The van der Waals surface area contributed by atoms with E-state index in [2.05, 4.69) is 37.0 Å². The van der Waals surface area contributed by atoms with Crippen molar-refractivity contribution < 1.29 is 19.0 Å². The number of likely N-dealkylation sites (tertiary alicyclic amines) is 1. The molecule has 0 bridgehead atoms. The average molecular weight is 467 g/mol. The molecule has 0 radical (unpaired) electrons. The van der Waals surface area contributed by atoms with Crippen molar-refractivity contribution in [1.29, 1.82) is 0 Å². The molecule has 1 heterocycles. The molecule has 1 aliphatic rings. The second kappa shape index (κ2) is 12.5. The van der Waals surface area contributed by atoms with Crippen molar-refractivity contribution in [2.75, 3.05) is 47.5 Å². The molecule has 1 fully saturated rings. The molecule has 184 valence electrons. The number of hydrogen-bond acceptors (Lipinski definition) is 5. The van der Waals surface area contributed by atoms with Gasteiger partial charge in [0.05, 0.1) is 21.3 Å². The summed E-state index contributed by atoms with van der Waals surface area (Å²) in [6.07, 6.45) is 5.58. The molecule has 0 aliphatic carbocycles. The van der Waals surface area contributed by atoms with Gasteiger partial charge in [-0.1, -0.05) is 42.0 Å². The minimum Gasteiger partial charge on any atom is -0.493 e. The van der Waals surface area contributed by atoms with Gasteiger partial charge in [-0.25, -0.2) is 0 Å². The Bertz CT molecular complexity index is 949. The molecule has 3 rings (SSSR count). The van der Waals surface area contributed by atoms with Crippen LogP contribution in [0.15, 0.2) is 48.0 Å². The highest BCUT2D eigenvalue weighted by atomic mass is 16.5. The zero-order chi connectivity index (χ0) is 24.5. The maximum absolute atomic E-state index is 13.7. The van der Waals surface area contributed by atoms with Gasteiger partial charge in [-0.15, -0.1) is 0 Å². The van der Waals surface area contributed by atoms with Crippen LogP contribution in [0, 0.1) is 0 Å². The zero-order valence-corrected chi connectivity index (χ0v) is 21.2. The van der Waals surface area contributed by atoms with Gasteiger partial charge in [0.2, 0.25) is 5.75 Å². The summed E-state index contributed by atoms with van der Waals surface area (Å²) in [5, 5.41) is 0. The molecule has 6 heteroatoms. The third-order valence-electron chi connectivity index (χ3n) is 6.42. The van der Waals surface area contributed by atoms with Crippen molar-refractivity contribution in [2.45, 2.75) is 39.2 Å². The van der Waals surface area contributed by atoms with Crippen LogP contribution >= 0.6 is 0 Å². The fraction of sp³-hybridized carbons (Fsp3) is 0.464. The number of hydrogen-bond donors (Lipinski definition) is 0. The van der Waals surface area contributed by atoms with Gasteiger partial charge in [-0.05, 0) is 57.4 Å². The number of carbonyl (C=O) groups excluding carboxylic acids is 1. The smallest absolute Gasteiger partial charge is 0.254 e. The molecule has 1 unspecified atom stereocenters. The lowest BCUT2D eigenvalue weighted by molar-refractivity contribution is 0.0761. The van der Waals surface area contributed by atoms with E-state index in [1.165, 1.54) is 12.8 Å². The first-order chi connectivity index (χ1) is 16.5. The van der Waals surface area contributed by atoms with Gasteiger partial charge in [-0.3, -0.25) is 4.79 Å². The summed E-state index contributed by atoms with van der Waals surface area (Å²) in [6, 6.07) is 14.3. The monoisotopic (exact) mass is 466 g/mol. The summed E-state index contributed by atoms with van der Waals surface area (Å²) < 4.78 is 16.4. The number of methoxy groups -OCH3 is 3. The SMILES string of the molecule is COc1cc(C(=O)N(CCCN2CCCC2C)C/C(C)=C\c2ccccc2)cc(OC)c1OC. The van der Waals surface area contributed by atoms with E-state index in [0.29, 0.717) is 41.9 Å². The van der Waals surface area contributed by atoms with E-state index in [-0.39, 0.29) is 5.91 Å². The molecule has 0 spiro atoms. The van der Waals surface area contributed by atoms with Crippen molar-refractivity contribution in [3.05, 3.63) is 59.2 Å². The predicted octanol–water partition coefficient (Wildman–Crippen LogP) is 5.13. The predicted molar refractivity (Wildman–Crippen MR) is 137 cm³/mol. The maximum atomic E-state index is 13.7. The van der Waals surface area contributed by atoms with Gasteiger partial charge in [0, 0.05) is 31.2 Å². The zero-order valence-electron chi connectivity index (χ0n) is 21.2. The Kier molecular flexibility index (Phi) is 9.40. The fourth-order valence-corrected chi connectivity index (χ4v) is 4.61. The Balaban J connectivity index is 1.82. The van der Waals surface area contributed by atoms with Gasteiger partial charge >= 0.3 is 0 Å². The fourth-order valence-electron chi connectivity index (χ4n) is 4.61. The van der Waals surface area contributed by atoms with Crippen molar-refractivity contribution in [3.63, 3.8) is 0 Å². The van der Waals surface area contributed by atoms with Crippen molar-refractivity contribution in [2.24, 2.45) is 0 Å². The molecule has 6 nitrogen and oxygen atoms in total. The Labute approximate surface area is 204 Å². The van der Waals surface area contributed by atoms with E-state index in [9.17, 15) is 4.79 Å². The van der Waals surface area contributed by atoms with E-state index in [1.54, 1.807) is 33.5 Å². The van der Waals surface area contributed by atoms with Crippen LogP contribution in [0.5, 0.6) is 17.2 Å². The van der Waals surface area contributed by atoms with E-state index in [4.69, 9.17) is 14.2 Å². The summed E-state index contributed by atoms with van der Waals surface area (Å²) in [6.45, 7) is 7.75. The summed E-state index contributed by atoms with van der Waals surface area (Å²) in [5.74, 6) is 1.39. The van der Waals surface area contributed by atoms with Crippen LogP contribution in [0.4, 0.5) is 0 Å². The second-order valence-electron chi connectivity index (χ2n) is 8.92. The van der Waals surface area contributed by atoms with E-state index in [0.717, 1.165) is 30.6 Å². The van der Waals surface area contributed by atoms with Crippen LogP contribution < -0.4 is 14.2 Å². The topological polar surface area (TPSA) is 51.2 Å². The normalized spacial score (nSPS) is 16.4. The Hall–Kier alpha value is -2.99. The summed E-state index contributed by atoms with van der Waals surface area (Å²) in [5.41, 5.74) is 2.78. The van der Waals surface area contributed by atoms with E-state index < -0.39 is 0 Å². The molecular weight excluding hydrogens is 428 g/mol. The highest BCUT2D eigenvalue weighted by Crippen LogP contribution is 2.38. The lowest BCUT2D eigenvalue weighted by atomic mass is 10.1. The van der Waals surface area contributed by atoms with Crippen molar-refractivity contribution >= 4 is 12.0 Å². The highest BCUT2D eigenvalue weighted by Gasteiger charge is 2.23. The summed E-state index contributed by atoms with van der Waals surface area (Å²) in [7, 11) is 4.69. The summed E-state index contributed by atoms with van der Waals surface area (Å²) >= 11 is 0.